The number of aromatic nitrogens is 2. The van der Waals surface area contributed by atoms with Crippen LogP contribution >= 0.6 is 0 Å². The molecule has 5 heteroatoms. The van der Waals surface area contributed by atoms with Gasteiger partial charge in [-0.3, -0.25) is 0 Å². The van der Waals surface area contributed by atoms with Crippen LogP contribution in [0.25, 0.3) is 0 Å². The van der Waals surface area contributed by atoms with Gasteiger partial charge in [0.25, 0.3) is 0 Å². The van der Waals surface area contributed by atoms with Gasteiger partial charge in [0.1, 0.15) is 6.04 Å². The summed E-state index contributed by atoms with van der Waals surface area (Å²) in [5.41, 5.74) is 0. The fourth-order valence-electron chi connectivity index (χ4n) is 1.18. The predicted molar refractivity (Wildman–Crippen MR) is 40.6 cm³/mol. The highest BCUT2D eigenvalue weighted by Crippen LogP contribution is 2.13. The summed E-state index contributed by atoms with van der Waals surface area (Å²) in [5.74, 6) is 1.21. The van der Waals surface area contributed by atoms with Crippen molar-refractivity contribution in [2.45, 2.75) is 13.0 Å². The molecular formula is C7H11N3O2. The minimum atomic E-state index is 0.0694. The normalized spacial score (nSPS) is 24.2. The molecule has 0 amide bonds. The van der Waals surface area contributed by atoms with E-state index in [1.54, 1.807) is 6.92 Å². The minimum absolute atomic E-state index is 0.0694. The van der Waals surface area contributed by atoms with Crippen molar-refractivity contribution < 1.29 is 9.15 Å². The SMILES string of the molecule is Cc1nnc([C@@H]2COCCN2)o1. The van der Waals surface area contributed by atoms with Crippen molar-refractivity contribution in [3.63, 3.8) is 0 Å². The van der Waals surface area contributed by atoms with Crippen LogP contribution in [0.1, 0.15) is 17.8 Å². The monoisotopic (exact) mass is 169 g/mol. The van der Waals surface area contributed by atoms with Crippen LogP contribution in [0.5, 0.6) is 0 Å². The summed E-state index contributed by atoms with van der Waals surface area (Å²) >= 11 is 0. The first-order valence-corrected chi connectivity index (χ1v) is 3.97. The number of nitrogens with zero attached hydrogens (tertiary/aromatic N) is 2. The Bertz CT molecular complexity index is 255. The zero-order valence-electron chi connectivity index (χ0n) is 6.91. The molecule has 1 aliphatic rings. The number of hydrogen-bond donors (Lipinski definition) is 1. The van der Waals surface area contributed by atoms with Gasteiger partial charge in [0.05, 0.1) is 13.2 Å². The van der Waals surface area contributed by atoms with Crippen molar-refractivity contribution in [3.8, 4) is 0 Å². The first kappa shape index (κ1) is 7.70. The first-order valence-electron chi connectivity index (χ1n) is 3.97. The van der Waals surface area contributed by atoms with E-state index in [1.165, 1.54) is 0 Å². The standard InChI is InChI=1S/C7H11N3O2/c1-5-9-10-7(12-5)6-4-11-3-2-8-6/h6,8H,2-4H2,1H3/t6-/m0/s1. The average Bonchev–Trinajstić information content (AvgIpc) is 2.54. The van der Waals surface area contributed by atoms with E-state index in [-0.39, 0.29) is 6.04 Å². The molecule has 1 atom stereocenters. The maximum absolute atomic E-state index is 5.26. The maximum atomic E-state index is 5.26. The number of morpholine rings is 1. The highest BCUT2D eigenvalue weighted by Gasteiger charge is 2.20. The highest BCUT2D eigenvalue weighted by molar-refractivity contribution is 4.90. The summed E-state index contributed by atoms with van der Waals surface area (Å²) in [6.07, 6.45) is 0. The Kier molecular flexibility index (Phi) is 2.05. The Hall–Kier alpha value is -0.940. The maximum Gasteiger partial charge on any atom is 0.235 e. The van der Waals surface area contributed by atoms with Gasteiger partial charge in [-0.15, -0.1) is 10.2 Å². The smallest absolute Gasteiger partial charge is 0.235 e. The Morgan fingerprint density at radius 3 is 3.00 bits per heavy atom. The van der Waals surface area contributed by atoms with Crippen LogP contribution in [0, 0.1) is 6.92 Å². The summed E-state index contributed by atoms with van der Waals surface area (Å²) in [6, 6.07) is 0.0694. The van der Waals surface area contributed by atoms with E-state index in [4.69, 9.17) is 9.15 Å². The van der Waals surface area contributed by atoms with Gasteiger partial charge in [-0.05, 0) is 0 Å². The Labute approximate surface area is 70.1 Å². The zero-order chi connectivity index (χ0) is 8.39. The second-order valence-electron chi connectivity index (χ2n) is 2.74. The van der Waals surface area contributed by atoms with Crippen LogP contribution in [-0.4, -0.2) is 30.0 Å². The van der Waals surface area contributed by atoms with Crippen molar-refractivity contribution in [1.82, 2.24) is 15.5 Å². The number of aryl methyl sites for hydroxylation is 1. The molecule has 2 rings (SSSR count). The molecule has 0 saturated carbocycles. The molecule has 1 aliphatic heterocycles. The van der Waals surface area contributed by atoms with E-state index in [0.29, 0.717) is 18.4 Å². The fourth-order valence-corrected chi connectivity index (χ4v) is 1.18. The van der Waals surface area contributed by atoms with Gasteiger partial charge >= 0.3 is 0 Å². The van der Waals surface area contributed by atoms with E-state index >= 15 is 0 Å². The molecule has 1 N–H and O–H groups in total. The third-order valence-corrected chi connectivity index (χ3v) is 1.76. The van der Waals surface area contributed by atoms with Crippen LogP contribution in [0.4, 0.5) is 0 Å². The zero-order valence-corrected chi connectivity index (χ0v) is 6.91. The molecule has 5 nitrogen and oxygen atoms in total. The van der Waals surface area contributed by atoms with Crippen LogP contribution in [0.3, 0.4) is 0 Å². The molecule has 0 aliphatic carbocycles. The minimum Gasteiger partial charge on any atom is -0.424 e. The third kappa shape index (κ3) is 1.46. The topological polar surface area (TPSA) is 60.2 Å². The summed E-state index contributed by atoms with van der Waals surface area (Å²) < 4.78 is 10.5. The molecule has 0 radical (unpaired) electrons. The van der Waals surface area contributed by atoms with E-state index in [9.17, 15) is 0 Å². The summed E-state index contributed by atoms with van der Waals surface area (Å²) in [7, 11) is 0. The van der Waals surface area contributed by atoms with Gasteiger partial charge in [0.15, 0.2) is 0 Å². The quantitative estimate of drug-likeness (QED) is 0.643. The summed E-state index contributed by atoms with van der Waals surface area (Å²) in [6.45, 7) is 3.98. The molecule has 0 bridgehead atoms. The molecule has 0 aromatic carbocycles. The third-order valence-electron chi connectivity index (χ3n) is 1.76. The molecule has 1 aromatic rings. The molecule has 12 heavy (non-hydrogen) atoms. The lowest BCUT2D eigenvalue weighted by molar-refractivity contribution is 0.0678. The van der Waals surface area contributed by atoms with Gasteiger partial charge in [-0.2, -0.15) is 0 Å². The van der Waals surface area contributed by atoms with Gasteiger partial charge in [0, 0.05) is 13.5 Å². The number of rotatable bonds is 1. The molecule has 2 heterocycles. The second kappa shape index (κ2) is 3.20. The van der Waals surface area contributed by atoms with Crippen LogP contribution in [-0.2, 0) is 4.74 Å². The van der Waals surface area contributed by atoms with E-state index < -0.39 is 0 Å². The van der Waals surface area contributed by atoms with E-state index in [0.717, 1.165) is 13.2 Å². The Balaban J connectivity index is 2.08. The van der Waals surface area contributed by atoms with Crippen molar-refractivity contribution in [3.05, 3.63) is 11.8 Å². The van der Waals surface area contributed by atoms with Crippen molar-refractivity contribution in [2.75, 3.05) is 19.8 Å². The molecule has 0 unspecified atom stereocenters. The first-order chi connectivity index (χ1) is 5.86. The molecule has 1 aromatic heterocycles. The lowest BCUT2D eigenvalue weighted by Crippen LogP contribution is -2.34. The highest BCUT2D eigenvalue weighted by atomic mass is 16.5. The number of hydrogen-bond acceptors (Lipinski definition) is 5. The molecule has 1 fully saturated rings. The Morgan fingerprint density at radius 1 is 1.50 bits per heavy atom. The molecular weight excluding hydrogens is 158 g/mol. The van der Waals surface area contributed by atoms with Crippen molar-refractivity contribution in [1.29, 1.82) is 0 Å². The van der Waals surface area contributed by atoms with Gasteiger partial charge in [-0.1, -0.05) is 0 Å². The molecule has 1 saturated heterocycles. The van der Waals surface area contributed by atoms with Crippen LogP contribution < -0.4 is 5.32 Å². The fraction of sp³-hybridized carbons (Fsp3) is 0.714. The van der Waals surface area contributed by atoms with E-state index in [1.807, 2.05) is 0 Å². The summed E-state index contributed by atoms with van der Waals surface area (Å²) in [5, 5.41) is 10.9. The predicted octanol–water partition coefficient (Wildman–Crippen LogP) is 0.0389. The lowest BCUT2D eigenvalue weighted by atomic mass is 10.3. The lowest BCUT2D eigenvalue weighted by Gasteiger charge is -2.20. The van der Waals surface area contributed by atoms with Gasteiger partial charge in [-0.25, -0.2) is 0 Å². The number of nitrogens with one attached hydrogen (secondary N) is 1. The second-order valence-corrected chi connectivity index (χ2v) is 2.74. The number of ether oxygens (including phenoxy) is 1. The molecule has 0 spiro atoms. The molecule has 66 valence electrons. The average molecular weight is 169 g/mol. The van der Waals surface area contributed by atoms with E-state index in [2.05, 4.69) is 15.5 Å². The van der Waals surface area contributed by atoms with Crippen LogP contribution in [0.2, 0.25) is 0 Å². The Morgan fingerprint density at radius 2 is 2.42 bits per heavy atom. The van der Waals surface area contributed by atoms with Gasteiger partial charge < -0.3 is 14.5 Å². The van der Waals surface area contributed by atoms with Crippen LogP contribution in [0.15, 0.2) is 4.42 Å². The van der Waals surface area contributed by atoms with Gasteiger partial charge in [0.2, 0.25) is 11.8 Å². The largest absolute Gasteiger partial charge is 0.424 e. The van der Waals surface area contributed by atoms with Crippen molar-refractivity contribution >= 4 is 0 Å². The summed E-state index contributed by atoms with van der Waals surface area (Å²) in [4.78, 5) is 0. The van der Waals surface area contributed by atoms with Crippen molar-refractivity contribution in [2.24, 2.45) is 0 Å².